The molecular weight excluding hydrogens is 352 g/mol. The highest BCUT2D eigenvalue weighted by Gasteiger charge is 2.32. The Morgan fingerprint density at radius 2 is 1.81 bits per heavy atom. The molecule has 0 aromatic heterocycles. The number of ether oxygens (including phenoxy) is 1. The van der Waals surface area contributed by atoms with Crippen LogP contribution in [0.5, 0.6) is 5.75 Å². The number of methoxy groups -OCH3 is 1. The Labute approximate surface area is 153 Å². The molecule has 1 aliphatic rings. The van der Waals surface area contributed by atoms with Crippen molar-refractivity contribution in [1.82, 2.24) is 5.32 Å². The number of sulfone groups is 1. The monoisotopic (exact) mass is 374 g/mol. The zero-order chi connectivity index (χ0) is 18.6. The zero-order valence-electron chi connectivity index (χ0n) is 14.5. The van der Waals surface area contributed by atoms with Crippen LogP contribution in [0, 0.1) is 0 Å². The van der Waals surface area contributed by atoms with E-state index in [0.717, 1.165) is 5.56 Å². The molecule has 2 atom stereocenters. The summed E-state index contributed by atoms with van der Waals surface area (Å²) in [5.74, 6) is 0.695. The second-order valence-electron chi connectivity index (χ2n) is 6.33. The minimum atomic E-state index is -3.02. The number of anilines is 1. The minimum absolute atomic E-state index is 0.0617. The van der Waals surface area contributed by atoms with Crippen molar-refractivity contribution in [3.05, 3.63) is 60.2 Å². The van der Waals surface area contributed by atoms with Crippen molar-refractivity contribution in [1.29, 1.82) is 0 Å². The van der Waals surface area contributed by atoms with E-state index in [1.807, 2.05) is 30.3 Å². The third-order valence-corrected chi connectivity index (χ3v) is 6.16. The first-order valence-corrected chi connectivity index (χ1v) is 10.3. The molecule has 6 nitrogen and oxygen atoms in total. The van der Waals surface area contributed by atoms with Crippen molar-refractivity contribution >= 4 is 21.4 Å². The highest BCUT2D eigenvalue weighted by atomic mass is 32.2. The first-order chi connectivity index (χ1) is 12.5. The molecule has 2 aromatic rings. The van der Waals surface area contributed by atoms with Gasteiger partial charge in [0.05, 0.1) is 18.6 Å². The fourth-order valence-electron chi connectivity index (χ4n) is 3.02. The SMILES string of the molecule is COc1ccc(NC(=O)C(NC2CCS(=O)(=O)C2)c2ccccc2)cc1. The molecule has 2 aromatic carbocycles. The van der Waals surface area contributed by atoms with Crippen LogP contribution in [0.15, 0.2) is 54.6 Å². The molecule has 1 fully saturated rings. The van der Waals surface area contributed by atoms with E-state index >= 15 is 0 Å². The highest BCUT2D eigenvalue weighted by Crippen LogP contribution is 2.21. The van der Waals surface area contributed by atoms with Gasteiger partial charge >= 0.3 is 0 Å². The Morgan fingerprint density at radius 3 is 2.38 bits per heavy atom. The molecule has 26 heavy (non-hydrogen) atoms. The fraction of sp³-hybridized carbons (Fsp3) is 0.316. The molecule has 0 bridgehead atoms. The lowest BCUT2D eigenvalue weighted by molar-refractivity contribution is -0.118. The topological polar surface area (TPSA) is 84.5 Å². The summed E-state index contributed by atoms with van der Waals surface area (Å²) in [4.78, 5) is 12.9. The summed E-state index contributed by atoms with van der Waals surface area (Å²) < 4.78 is 28.6. The van der Waals surface area contributed by atoms with Gasteiger partial charge in [-0.15, -0.1) is 0 Å². The summed E-state index contributed by atoms with van der Waals surface area (Å²) >= 11 is 0. The average Bonchev–Trinajstić information content (AvgIpc) is 2.99. The van der Waals surface area contributed by atoms with E-state index in [2.05, 4.69) is 10.6 Å². The van der Waals surface area contributed by atoms with Gasteiger partial charge in [0, 0.05) is 11.7 Å². The standard InChI is InChI=1S/C19H22N2O4S/c1-25-17-9-7-15(8-10-17)21-19(22)18(14-5-3-2-4-6-14)20-16-11-12-26(23,24)13-16/h2-10,16,18,20H,11-13H2,1H3,(H,21,22). The van der Waals surface area contributed by atoms with Crippen LogP contribution < -0.4 is 15.4 Å². The van der Waals surface area contributed by atoms with Crippen LogP contribution in [-0.4, -0.2) is 39.0 Å². The summed E-state index contributed by atoms with van der Waals surface area (Å²) in [6.07, 6.45) is 0.515. The molecule has 3 rings (SSSR count). The quantitative estimate of drug-likeness (QED) is 0.809. The van der Waals surface area contributed by atoms with Crippen molar-refractivity contribution in [2.75, 3.05) is 23.9 Å². The summed E-state index contributed by atoms with van der Waals surface area (Å²) in [5, 5.41) is 6.09. The largest absolute Gasteiger partial charge is 0.497 e. The first-order valence-electron chi connectivity index (χ1n) is 8.43. The van der Waals surface area contributed by atoms with Gasteiger partial charge in [0.15, 0.2) is 9.84 Å². The molecule has 0 saturated carbocycles. The Balaban J connectivity index is 1.77. The molecule has 1 saturated heterocycles. The van der Waals surface area contributed by atoms with Crippen molar-refractivity contribution in [3.8, 4) is 5.75 Å². The van der Waals surface area contributed by atoms with E-state index in [4.69, 9.17) is 4.74 Å². The van der Waals surface area contributed by atoms with Crippen LogP contribution in [0.25, 0.3) is 0 Å². The summed E-state index contributed by atoms with van der Waals surface area (Å²) in [5.41, 5.74) is 1.44. The molecule has 1 amide bonds. The predicted molar refractivity (Wildman–Crippen MR) is 101 cm³/mol. The number of carbonyl (C=O) groups is 1. The molecule has 0 radical (unpaired) electrons. The van der Waals surface area contributed by atoms with E-state index in [0.29, 0.717) is 17.9 Å². The van der Waals surface area contributed by atoms with Gasteiger partial charge in [-0.2, -0.15) is 0 Å². The molecule has 0 spiro atoms. The van der Waals surface area contributed by atoms with Crippen molar-refractivity contribution < 1.29 is 17.9 Å². The maximum Gasteiger partial charge on any atom is 0.246 e. The number of hydrogen-bond donors (Lipinski definition) is 2. The smallest absolute Gasteiger partial charge is 0.246 e. The van der Waals surface area contributed by atoms with Gasteiger partial charge in [-0.1, -0.05) is 30.3 Å². The molecule has 0 aliphatic carbocycles. The van der Waals surface area contributed by atoms with Gasteiger partial charge in [0.1, 0.15) is 11.8 Å². The number of hydrogen-bond acceptors (Lipinski definition) is 5. The van der Waals surface area contributed by atoms with E-state index in [1.54, 1.807) is 31.4 Å². The van der Waals surface area contributed by atoms with Crippen molar-refractivity contribution in [2.45, 2.75) is 18.5 Å². The molecule has 2 unspecified atom stereocenters. The van der Waals surface area contributed by atoms with E-state index < -0.39 is 15.9 Å². The Kier molecular flexibility index (Phi) is 5.58. The molecule has 1 aliphatic heterocycles. The lowest BCUT2D eigenvalue weighted by atomic mass is 10.0. The lowest BCUT2D eigenvalue weighted by Crippen LogP contribution is -2.40. The molecule has 1 heterocycles. The van der Waals surface area contributed by atoms with Gasteiger partial charge in [-0.3, -0.25) is 10.1 Å². The van der Waals surface area contributed by atoms with Crippen LogP contribution in [0.2, 0.25) is 0 Å². The Bertz CT molecular complexity index is 851. The predicted octanol–water partition coefficient (Wildman–Crippen LogP) is 2.15. The van der Waals surface area contributed by atoms with Crippen molar-refractivity contribution in [3.63, 3.8) is 0 Å². The van der Waals surface area contributed by atoms with Crippen LogP contribution in [-0.2, 0) is 14.6 Å². The number of rotatable bonds is 6. The maximum absolute atomic E-state index is 12.9. The highest BCUT2D eigenvalue weighted by molar-refractivity contribution is 7.91. The summed E-state index contributed by atoms with van der Waals surface area (Å²) in [6.45, 7) is 0. The van der Waals surface area contributed by atoms with Gasteiger partial charge in [-0.25, -0.2) is 8.42 Å². The summed E-state index contributed by atoms with van der Waals surface area (Å²) in [7, 11) is -1.44. The maximum atomic E-state index is 12.9. The van der Waals surface area contributed by atoms with Gasteiger partial charge in [0.25, 0.3) is 0 Å². The van der Waals surface area contributed by atoms with Crippen LogP contribution >= 0.6 is 0 Å². The van der Waals surface area contributed by atoms with E-state index in [-0.39, 0.29) is 23.5 Å². The molecule has 2 N–H and O–H groups in total. The second kappa shape index (κ2) is 7.88. The average molecular weight is 374 g/mol. The van der Waals surface area contributed by atoms with Crippen LogP contribution in [0.3, 0.4) is 0 Å². The number of amides is 1. The van der Waals surface area contributed by atoms with Gasteiger partial charge < -0.3 is 10.1 Å². The van der Waals surface area contributed by atoms with Crippen molar-refractivity contribution in [2.24, 2.45) is 0 Å². The Hall–Kier alpha value is -2.38. The number of nitrogens with one attached hydrogen (secondary N) is 2. The fourth-order valence-corrected chi connectivity index (χ4v) is 4.71. The van der Waals surface area contributed by atoms with E-state index in [9.17, 15) is 13.2 Å². The third kappa shape index (κ3) is 4.62. The first kappa shape index (κ1) is 18.4. The van der Waals surface area contributed by atoms with Crippen LogP contribution in [0.4, 0.5) is 5.69 Å². The van der Waals surface area contributed by atoms with Crippen LogP contribution in [0.1, 0.15) is 18.0 Å². The molecular formula is C19H22N2O4S. The normalized spacial score (nSPS) is 19.7. The number of benzene rings is 2. The number of carbonyl (C=O) groups excluding carboxylic acids is 1. The second-order valence-corrected chi connectivity index (χ2v) is 8.56. The molecule has 138 valence electrons. The third-order valence-electron chi connectivity index (χ3n) is 4.39. The van der Waals surface area contributed by atoms with Gasteiger partial charge in [0.2, 0.25) is 5.91 Å². The summed E-state index contributed by atoms with van der Waals surface area (Å²) in [6, 6.07) is 15.5. The Morgan fingerprint density at radius 1 is 1.12 bits per heavy atom. The van der Waals surface area contributed by atoms with Gasteiger partial charge in [-0.05, 0) is 36.2 Å². The minimum Gasteiger partial charge on any atom is -0.497 e. The zero-order valence-corrected chi connectivity index (χ0v) is 15.3. The van der Waals surface area contributed by atoms with E-state index in [1.165, 1.54) is 0 Å². The molecule has 7 heteroatoms. The lowest BCUT2D eigenvalue weighted by Gasteiger charge is -2.22.